The molecule has 2 aromatic carbocycles. The maximum Gasteiger partial charge on any atom is 0.295 e. The van der Waals surface area contributed by atoms with Crippen molar-refractivity contribution in [3.63, 3.8) is 0 Å². The molecule has 1 heterocycles. The first-order valence-corrected chi connectivity index (χ1v) is 10.5. The summed E-state index contributed by atoms with van der Waals surface area (Å²) in [6.07, 6.45) is 0.667. The van der Waals surface area contributed by atoms with Gasteiger partial charge in [-0.25, -0.2) is 0 Å². The molecule has 6 nitrogen and oxygen atoms in total. The number of benzene rings is 2. The molecule has 1 aliphatic heterocycles. The summed E-state index contributed by atoms with van der Waals surface area (Å²) in [5, 5.41) is 11.7. The lowest BCUT2D eigenvalue weighted by Gasteiger charge is -2.26. The number of aliphatic hydroxyl groups is 1. The second-order valence-electron chi connectivity index (χ2n) is 7.55. The molecule has 0 bridgehead atoms. The third-order valence-electron chi connectivity index (χ3n) is 5.17. The molecule has 1 fully saturated rings. The molecule has 3 rings (SSSR count). The average Bonchev–Trinajstić information content (AvgIpc) is 3.00. The van der Waals surface area contributed by atoms with Crippen molar-refractivity contribution in [3.8, 4) is 5.75 Å². The molecule has 0 aromatic heterocycles. The fraction of sp³-hybridized carbons (Fsp3) is 0.304. The molecular formula is C23H24Cl2N2O4. The minimum absolute atomic E-state index is 0.0263. The van der Waals surface area contributed by atoms with Gasteiger partial charge in [0.05, 0.1) is 28.8 Å². The Balaban J connectivity index is 2.10. The lowest BCUT2D eigenvalue weighted by Crippen LogP contribution is -2.32. The molecule has 1 saturated heterocycles. The van der Waals surface area contributed by atoms with E-state index in [9.17, 15) is 14.7 Å². The van der Waals surface area contributed by atoms with Crippen LogP contribution in [0.15, 0.2) is 48.0 Å². The number of aliphatic hydroxyl groups excluding tert-OH is 1. The fourth-order valence-electron chi connectivity index (χ4n) is 3.60. The van der Waals surface area contributed by atoms with Gasteiger partial charge in [0, 0.05) is 12.1 Å². The normalized spacial score (nSPS) is 18.1. The Morgan fingerprint density at radius 3 is 2.35 bits per heavy atom. The predicted molar refractivity (Wildman–Crippen MR) is 122 cm³/mol. The molecule has 0 spiro atoms. The Morgan fingerprint density at radius 1 is 1.10 bits per heavy atom. The van der Waals surface area contributed by atoms with Crippen LogP contribution in [0, 0.1) is 0 Å². The quantitative estimate of drug-likeness (QED) is 0.375. The van der Waals surface area contributed by atoms with E-state index in [0.29, 0.717) is 39.9 Å². The summed E-state index contributed by atoms with van der Waals surface area (Å²) in [5.74, 6) is -1.01. The van der Waals surface area contributed by atoms with Gasteiger partial charge in [0.2, 0.25) is 0 Å². The monoisotopic (exact) mass is 462 g/mol. The molecule has 1 N–H and O–H groups in total. The van der Waals surface area contributed by atoms with Gasteiger partial charge in [-0.3, -0.25) is 9.59 Å². The molecule has 1 aliphatic rings. The molecule has 0 radical (unpaired) electrons. The number of ether oxygens (including phenoxy) is 1. The van der Waals surface area contributed by atoms with Crippen molar-refractivity contribution >= 4 is 40.7 Å². The molecule has 164 valence electrons. The van der Waals surface area contributed by atoms with Crippen LogP contribution in [-0.2, 0) is 9.59 Å². The summed E-state index contributed by atoms with van der Waals surface area (Å²) in [5.41, 5.74) is 1.05. The maximum atomic E-state index is 13.0. The average molecular weight is 463 g/mol. The van der Waals surface area contributed by atoms with E-state index in [-0.39, 0.29) is 11.3 Å². The number of nitrogens with zero attached hydrogens (tertiary/aromatic N) is 2. The number of halogens is 2. The largest absolute Gasteiger partial charge is 0.507 e. The molecule has 0 unspecified atom stereocenters. The first-order chi connectivity index (χ1) is 14.7. The number of hydrogen-bond donors (Lipinski definition) is 1. The number of likely N-dealkylation sites (tertiary alicyclic amines) is 1. The molecule has 8 heteroatoms. The van der Waals surface area contributed by atoms with Gasteiger partial charge in [0.25, 0.3) is 11.7 Å². The summed E-state index contributed by atoms with van der Waals surface area (Å²) in [6.45, 7) is 1.10. The van der Waals surface area contributed by atoms with Gasteiger partial charge < -0.3 is 19.6 Å². The molecule has 0 saturated carbocycles. The van der Waals surface area contributed by atoms with E-state index in [1.54, 1.807) is 49.6 Å². The Hall–Kier alpha value is -2.54. The summed E-state index contributed by atoms with van der Waals surface area (Å²) in [6, 6.07) is 10.8. The van der Waals surface area contributed by atoms with E-state index >= 15 is 0 Å². The van der Waals surface area contributed by atoms with Crippen molar-refractivity contribution < 1.29 is 19.4 Å². The second-order valence-corrected chi connectivity index (χ2v) is 8.37. The Morgan fingerprint density at radius 2 is 1.77 bits per heavy atom. The number of carbonyl (C=O) groups is 2. The molecule has 1 atom stereocenters. The van der Waals surface area contributed by atoms with Gasteiger partial charge >= 0.3 is 0 Å². The van der Waals surface area contributed by atoms with E-state index in [1.807, 2.05) is 19.0 Å². The highest BCUT2D eigenvalue weighted by molar-refractivity contribution is 6.46. The maximum absolute atomic E-state index is 13.0. The van der Waals surface area contributed by atoms with Crippen molar-refractivity contribution in [1.29, 1.82) is 0 Å². The zero-order valence-electron chi connectivity index (χ0n) is 17.6. The van der Waals surface area contributed by atoms with Crippen LogP contribution in [0.1, 0.15) is 23.6 Å². The zero-order valence-corrected chi connectivity index (χ0v) is 19.1. The van der Waals surface area contributed by atoms with Gasteiger partial charge in [-0.2, -0.15) is 0 Å². The minimum Gasteiger partial charge on any atom is -0.507 e. The van der Waals surface area contributed by atoms with E-state index in [2.05, 4.69) is 0 Å². The Labute approximate surface area is 191 Å². The molecule has 31 heavy (non-hydrogen) atoms. The molecule has 2 aromatic rings. The Kier molecular flexibility index (Phi) is 7.26. The lowest BCUT2D eigenvalue weighted by molar-refractivity contribution is -0.139. The van der Waals surface area contributed by atoms with Gasteiger partial charge in [-0.1, -0.05) is 29.3 Å². The van der Waals surface area contributed by atoms with Crippen molar-refractivity contribution in [1.82, 2.24) is 9.80 Å². The van der Waals surface area contributed by atoms with Crippen molar-refractivity contribution in [2.24, 2.45) is 0 Å². The lowest BCUT2D eigenvalue weighted by atomic mass is 9.95. The molecular weight excluding hydrogens is 439 g/mol. The summed E-state index contributed by atoms with van der Waals surface area (Å²) >= 11 is 12.3. The third-order valence-corrected chi connectivity index (χ3v) is 5.91. The van der Waals surface area contributed by atoms with E-state index in [0.717, 1.165) is 6.54 Å². The first kappa shape index (κ1) is 23.1. The smallest absolute Gasteiger partial charge is 0.295 e. The standard InChI is InChI=1S/C23H24Cl2N2O4/c1-26(2)11-4-12-27-20(15-7-10-17(24)18(25)13-15)19(22(29)23(27)30)21(28)14-5-8-16(31-3)9-6-14/h5-10,13,20,28H,4,11-12H2,1-3H3/t20-/m1/s1. The SMILES string of the molecule is COc1ccc(C(O)=C2C(=O)C(=O)N(CCCN(C)C)[C@@H]2c2ccc(Cl)c(Cl)c2)cc1. The fourth-order valence-corrected chi connectivity index (χ4v) is 3.91. The topological polar surface area (TPSA) is 70.1 Å². The Bertz CT molecular complexity index is 1020. The molecule has 1 amide bonds. The van der Waals surface area contributed by atoms with Crippen LogP contribution in [0.25, 0.3) is 5.76 Å². The van der Waals surface area contributed by atoms with Crippen molar-refractivity contribution in [2.45, 2.75) is 12.5 Å². The number of hydrogen-bond acceptors (Lipinski definition) is 5. The third kappa shape index (κ3) is 4.87. The van der Waals surface area contributed by atoms with E-state index < -0.39 is 17.7 Å². The summed E-state index contributed by atoms with van der Waals surface area (Å²) < 4.78 is 5.15. The number of ketones is 1. The van der Waals surface area contributed by atoms with Crippen molar-refractivity contribution in [2.75, 3.05) is 34.3 Å². The first-order valence-electron chi connectivity index (χ1n) is 9.77. The van der Waals surface area contributed by atoms with Crippen LogP contribution in [-0.4, -0.2) is 60.9 Å². The van der Waals surface area contributed by atoms with Crippen LogP contribution >= 0.6 is 23.2 Å². The number of amides is 1. The number of carbonyl (C=O) groups excluding carboxylic acids is 2. The highest BCUT2D eigenvalue weighted by atomic mass is 35.5. The van der Waals surface area contributed by atoms with E-state index in [4.69, 9.17) is 27.9 Å². The summed E-state index contributed by atoms with van der Waals surface area (Å²) in [4.78, 5) is 29.4. The highest BCUT2D eigenvalue weighted by Crippen LogP contribution is 2.41. The van der Waals surface area contributed by atoms with Gasteiger partial charge in [-0.15, -0.1) is 0 Å². The van der Waals surface area contributed by atoms with Crippen LogP contribution in [0.2, 0.25) is 10.0 Å². The summed E-state index contributed by atoms with van der Waals surface area (Å²) in [7, 11) is 5.42. The number of rotatable bonds is 7. The van der Waals surface area contributed by atoms with E-state index in [1.165, 1.54) is 4.90 Å². The number of Topliss-reactive ketones (excluding diaryl/α,β-unsaturated/α-hetero) is 1. The minimum atomic E-state index is -0.765. The van der Waals surface area contributed by atoms with Gasteiger partial charge in [0.1, 0.15) is 11.5 Å². The van der Waals surface area contributed by atoms with Crippen LogP contribution < -0.4 is 4.74 Å². The van der Waals surface area contributed by atoms with Crippen LogP contribution in [0.4, 0.5) is 0 Å². The van der Waals surface area contributed by atoms with Crippen LogP contribution in [0.3, 0.4) is 0 Å². The molecule has 0 aliphatic carbocycles. The van der Waals surface area contributed by atoms with Gasteiger partial charge in [0.15, 0.2) is 0 Å². The second kappa shape index (κ2) is 9.73. The van der Waals surface area contributed by atoms with Crippen LogP contribution in [0.5, 0.6) is 5.75 Å². The zero-order chi connectivity index (χ0) is 22.7. The van der Waals surface area contributed by atoms with Crippen molar-refractivity contribution in [3.05, 3.63) is 69.2 Å². The van der Waals surface area contributed by atoms with Gasteiger partial charge in [-0.05, 0) is 69.0 Å². The number of methoxy groups -OCH3 is 1. The predicted octanol–water partition coefficient (Wildman–Crippen LogP) is 4.38. The highest BCUT2D eigenvalue weighted by Gasteiger charge is 2.45.